The van der Waals surface area contributed by atoms with Crippen LogP contribution in [-0.2, 0) is 4.79 Å². The summed E-state index contributed by atoms with van der Waals surface area (Å²) < 4.78 is 10.7. The smallest absolute Gasteiger partial charge is 0.223 e. The van der Waals surface area contributed by atoms with Crippen molar-refractivity contribution in [2.24, 2.45) is 11.8 Å². The van der Waals surface area contributed by atoms with Gasteiger partial charge in [0.25, 0.3) is 0 Å². The highest BCUT2D eigenvalue weighted by Crippen LogP contribution is 2.36. The number of amides is 1. The van der Waals surface area contributed by atoms with E-state index in [0.717, 1.165) is 5.56 Å². The number of nitrogens with zero attached hydrogens (tertiary/aromatic N) is 1. The van der Waals surface area contributed by atoms with Crippen LogP contribution in [0.4, 0.5) is 0 Å². The van der Waals surface area contributed by atoms with E-state index in [-0.39, 0.29) is 17.9 Å². The Morgan fingerprint density at radius 3 is 2.43 bits per heavy atom. The molecule has 23 heavy (non-hydrogen) atoms. The maximum absolute atomic E-state index is 12.2. The summed E-state index contributed by atoms with van der Waals surface area (Å²) in [5.41, 5.74) is 1.09. The van der Waals surface area contributed by atoms with Gasteiger partial charge in [-0.3, -0.25) is 4.79 Å². The molecule has 1 fully saturated rings. The van der Waals surface area contributed by atoms with Crippen molar-refractivity contribution in [3.63, 3.8) is 0 Å². The minimum absolute atomic E-state index is 0.0881. The monoisotopic (exact) mass is 320 g/mol. The molecule has 0 saturated heterocycles. The zero-order valence-corrected chi connectivity index (χ0v) is 14.8. The Hall–Kier alpha value is -1.75. The zero-order valence-electron chi connectivity index (χ0n) is 14.8. The van der Waals surface area contributed by atoms with E-state index < -0.39 is 0 Å². The second kappa shape index (κ2) is 7.68. The first kappa shape index (κ1) is 17.6. The Balaban J connectivity index is 2.07. The summed E-state index contributed by atoms with van der Waals surface area (Å²) >= 11 is 0. The van der Waals surface area contributed by atoms with E-state index in [4.69, 9.17) is 9.47 Å². The van der Waals surface area contributed by atoms with Crippen LogP contribution in [0.15, 0.2) is 18.2 Å². The molecule has 1 aromatic carbocycles. The van der Waals surface area contributed by atoms with Crippen molar-refractivity contribution in [3.05, 3.63) is 23.8 Å². The molecule has 1 amide bonds. The van der Waals surface area contributed by atoms with Crippen LogP contribution in [0.3, 0.4) is 0 Å². The van der Waals surface area contributed by atoms with E-state index in [1.807, 2.05) is 39.2 Å². The summed E-state index contributed by atoms with van der Waals surface area (Å²) in [5.74, 6) is 2.26. The van der Waals surface area contributed by atoms with Gasteiger partial charge in [-0.25, -0.2) is 0 Å². The minimum atomic E-state index is 0.0881. The van der Waals surface area contributed by atoms with Crippen molar-refractivity contribution in [1.82, 2.24) is 10.2 Å². The maximum Gasteiger partial charge on any atom is 0.223 e. The number of nitrogens with one attached hydrogen (secondary N) is 1. The topological polar surface area (TPSA) is 50.8 Å². The summed E-state index contributed by atoms with van der Waals surface area (Å²) in [7, 11) is 7.28. The van der Waals surface area contributed by atoms with Gasteiger partial charge in [-0.1, -0.05) is 13.0 Å². The molecule has 1 saturated carbocycles. The van der Waals surface area contributed by atoms with Crippen LogP contribution in [0.25, 0.3) is 0 Å². The summed E-state index contributed by atoms with van der Waals surface area (Å²) in [6, 6.07) is 5.98. The van der Waals surface area contributed by atoms with Gasteiger partial charge in [0.05, 0.1) is 20.3 Å². The van der Waals surface area contributed by atoms with Crippen LogP contribution < -0.4 is 14.8 Å². The van der Waals surface area contributed by atoms with Gasteiger partial charge < -0.3 is 19.7 Å². The molecule has 1 N–H and O–H groups in total. The van der Waals surface area contributed by atoms with Crippen molar-refractivity contribution >= 4 is 5.91 Å². The van der Waals surface area contributed by atoms with Crippen molar-refractivity contribution in [1.29, 1.82) is 0 Å². The molecule has 128 valence electrons. The molecule has 1 aliphatic carbocycles. The fourth-order valence-corrected chi connectivity index (χ4v) is 2.83. The molecule has 0 radical (unpaired) electrons. The second-order valence-corrected chi connectivity index (χ2v) is 6.47. The van der Waals surface area contributed by atoms with Crippen molar-refractivity contribution in [2.45, 2.75) is 25.8 Å². The van der Waals surface area contributed by atoms with Gasteiger partial charge in [0.1, 0.15) is 0 Å². The Morgan fingerprint density at radius 2 is 1.91 bits per heavy atom. The molecule has 0 bridgehead atoms. The minimum Gasteiger partial charge on any atom is -0.493 e. The molecule has 1 aliphatic rings. The van der Waals surface area contributed by atoms with Gasteiger partial charge in [0.2, 0.25) is 5.91 Å². The van der Waals surface area contributed by atoms with E-state index in [9.17, 15) is 4.79 Å². The number of likely N-dealkylation sites (N-methyl/N-ethyl adjacent to an activating group) is 1. The average Bonchev–Trinajstić information content (AvgIpc) is 3.38. The summed E-state index contributed by atoms with van der Waals surface area (Å²) in [5, 5.41) is 3.10. The summed E-state index contributed by atoms with van der Waals surface area (Å²) in [6.07, 6.45) is 2.36. The van der Waals surface area contributed by atoms with E-state index in [2.05, 4.69) is 10.2 Å². The molecule has 2 atom stereocenters. The number of benzene rings is 1. The lowest BCUT2D eigenvalue weighted by Crippen LogP contribution is -2.37. The first-order valence-corrected chi connectivity index (χ1v) is 8.14. The predicted molar refractivity (Wildman–Crippen MR) is 90.9 cm³/mol. The summed E-state index contributed by atoms with van der Waals surface area (Å²) in [4.78, 5) is 14.3. The first-order chi connectivity index (χ1) is 11.0. The van der Waals surface area contributed by atoms with Crippen LogP contribution in [0, 0.1) is 11.8 Å². The Morgan fingerprint density at radius 1 is 1.26 bits per heavy atom. The lowest BCUT2D eigenvalue weighted by molar-refractivity contribution is -0.125. The van der Waals surface area contributed by atoms with Gasteiger partial charge in [-0.05, 0) is 50.6 Å². The SMILES string of the molecule is COc1ccc(C(CNC(=O)C(C)C2CC2)N(C)C)cc1OC. The first-order valence-electron chi connectivity index (χ1n) is 8.14. The zero-order chi connectivity index (χ0) is 17.0. The van der Waals surface area contributed by atoms with E-state index in [0.29, 0.717) is 24.0 Å². The normalized spacial score (nSPS) is 16.8. The van der Waals surface area contributed by atoms with E-state index >= 15 is 0 Å². The molecule has 2 unspecified atom stereocenters. The number of carbonyl (C=O) groups excluding carboxylic acids is 1. The third-order valence-corrected chi connectivity index (χ3v) is 4.63. The standard InChI is InChI=1S/C18H28N2O3/c1-12(13-6-7-13)18(21)19-11-15(20(2)3)14-8-9-16(22-4)17(10-14)23-5/h8-10,12-13,15H,6-7,11H2,1-5H3,(H,19,21). The molecule has 2 rings (SSSR count). The Labute approximate surface area is 139 Å². The molecular formula is C18H28N2O3. The number of rotatable bonds is 8. The third-order valence-electron chi connectivity index (χ3n) is 4.63. The molecule has 5 heteroatoms. The highest BCUT2D eigenvalue weighted by Gasteiger charge is 2.32. The van der Waals surface area contributed by atoms with Crippen LogP contribution >= 0.6 is 0 Å². The van der Waals surface area contributed by atoms with Gasteiger partial charge >= 0.3 is 0 Å². The quantitative estimate of drug-likeness (QED) is 0.799. The molecular weight excluding hydrogens is 292 g/mol. The largest absolute Gasteiger partial charge is 0.493 e. The Kier molecular flexibility index (Phi) is 5.88. The number of hydrogen-bond acceptors (Lipinski definition) is 4. The number of carbonyl (C=O) groups is 1. The van der Waals surface area contributed by atoms with Gasteiger partial charge in [-0.2, -0.15) is 0 Å². The molecule has 0 aliphatic heterocycles. The van der Waals surface area contributed by atoms with Crippen LogP contribution in [0.5, 0.6) is 11.5 Å². The molecule has 0 aromatic heterocycles. The number of methoxy groups -OCH3 is 2. The van der Waals surface area contributed by atoms with Gasteiger partial charge in [0.15, 0.2) is 11.5 Å². The maximum atomic E-state index is 12.2. The average molecular weight is 320 g/mol. The fraction of sp³-hybridized carbons (Fsp3) is 0.611. The lowest BCUT2D eigenvalue weighted by Gasteiger charge is -2.26. The number of ether oxygens (including phenoxy) is 2. The van der Waals surface area contributed by atoms with Crippen LogP contribution in [-0.4, -0.2) is 45.7 Å². The lowest BCUT2D eigenvalue weighted by atomic mass is 10.0. The van der Waals surface area contributed by atoms with Crippen molar-refractivity contribution in [3.8, 4) is 11.5 Å². The fourth-order valence-electron chi connectivity index (χ4n) is 2.83. The predicted octanol–water partition coefficient (Wildman–Crippen LogP) is 2.47. The molecule has 0 heterocycles. The van der Waals surface area contributed by atoms with E-state index in [1.54, 1.807) is 14.2 Å². The molecule has 5 nitrogen and oxygen atoms in total. The highest BCUT2D eigenvalue weighted by molar-refractivity contribution is 5.78. The van der Waals surface area contributed by atoms with Gasteiger partial charge in [0, 0.05) is 12.5 Å². The molecule has 0 spiro atoms. The van der Waals surface area contributed by atoms with Crippen molar-refractivity contribution < 1.29 is 14.3 Å². The van der Waals surface area contributed by atoms with E-state index in [1.165, 1.54) is 12.8 Å². The third kappa shape index (κ3) is 4.38. The van der Waals surface area contributed by atoms with Crippen LogP contribution in [0.1, 0.15) is 31.4 Å². The van der Waals surface area contributed by atoms with Gasteiger partial charge in [-0.15, -0.1) is 0 Å². The summed E-state index contributed by atoms with van der Waals surface area (Å²) in [6.45, 7) is 2.60. The Bertz CT molecular complexity index is 541. The highest BCUT2D eigenvalue weighted by atomic mass is 16.5. The number of hydrogen-bond donors (Lipinski definition) is 1. The second-order valence-electron chi connectivity index (χ2n) is 6.47. The van der Waals surface area contributed by atoms with Crippen LogP contribution in [0.2, 0.25) is 0 Å². The molecule has 1 aromatic rings. The van der Waals surface area contributed by atoms with Crippen molar-refractivity contribution in [2.75, 3.05) is 34.9 Å².